The van der Waals surface area contributed by atoms with Gasteiger partial charge in [-0.15, -0.1) is 0 Å². The van der Waals surface area contributed by atoms with E-state index in [2.05, 4.69) is 20.2 Å². The van der Waals surface area contributed by atoms with Crippen LogP contribution >= 0.6 is 0 Å². The van der Waals surface area contributed by atoms with Crippen LogP contribution in [0.5, 0.6) is 0 Å². The van der Waals surface area contributed by atoms with E-state index in [1.54, 1.807) is 0 Å². The van der Waals surface area contributed by atoms with Crippen molar-refractivity contribution in [1.29, 1.82) is 0 Å². The van der Waals surface area contributed by atoms with Gasteiger partial charge in [-0.05, 0) is 0 Å². The van der Waals surface area contributed by atoms with Crippen LogP contribution in [0, 0.1) is 0 Å². The molecule has 0 atom stereocenters. The maximum absolute atomic E-state index is 11.0. The van der Waals surface area contributed by atoms with Crippen LogP contribution in [0.25, 0.3) is 10.9 Å². The zero-order valence-corrected chi connectivity index (χ0v) is 6.87. The van der Waals surface area contributed by atoms with Crippen LogP contribution < -0.4 is 30.0 Å². The van der Waals surface area contributed by atoms with Crippen molar-refractivity contribution in [2.45, 2.75) is 0 Å². The van der Waals surface area contributed by atoms with Crippen LogP contribution in [0.2, 0.25) is 0 Å². The zero-order valence-electron chi connectivity index (χ0n) is 6.87. The summed E-state index contributed by atoms with van der Waals surface area (Å²) in [5.74, 6) is 0. The number of aromatic nitrogens is 4. The van der Waals surface area contributed by atoms with Gasteiger partial charge in [0, 0.05) is 6.20 Å². The summed E-state index contributed by atoms with van der Waals surface area (Å²) in [6.45, 7) is 0. The maximum Gasteiger partial charge on any atom is 1.00 e. The first kappa shape index (κ1) is 9.70. The Morgan fingerprint density at radius 1 is 1.15 bits per heavy atom. The molecule has 2 heterocycles. The molecule has 2 aromatic rings. The van der Waals surface area contributed by atoms with Crippen LogP contribution in [0.15, 0.2) is 22.1 Å². The zero-order chi connectivity index (χ0) is 8.55. The van der Waals surface area contributed by atoms with E-state index in [-0.39, 0.29) is 29.8 Å². The minimum Gasteiger partial charge on any atom is -0.267 e. The van der Waals surface area contributed by atoms with Crippen LogP contribution in [-0.4, -0.2) is 20.2 Å². The largest absolute Gasteiger partial charge is 1.00 e. The summed E-state index contributed by atoms with van der Waals surface area (Å²) in [6, 6.07) is 0. The maximum atomic E-state index is 11.0. The molecule has 2 rings (SSSR count). The third kappa shape index (κ3) is 1.54. The van der Waals surface area contributed by atoms with Crippen LogP contribution in [0.3, 0.4) is 0 Å². The number of H-pyrrole nitrogens is 2. The molecule has 0 aromatic carbocycles. The molecule has 13 heavy (non-hydrogen) atoms. The van der Waals surface area contributed by atoms with Gasteiger partial charge in [-0.3, -0.25) is 19.8 Å². The van der Waals surface area contributed by atoms with Crippen molar-refractivity contribution in [3.8, 4) is 0 Å². The van der Waals surface area contributed by atoms with Gasteiger partial charge in [0.25, 0.3) is 11.1 Å². The normalized spacial score (nSPS) is 9.54. The first-order valence-electron chi connectivity index (χ1n) is 3.20. The van der Waals surface area contributed by atoms with Crippen molar-refractivity contribution in [1.82, 2.24) is 20.2 Å². The van der Waals surface area contributed by atoms with Crippen molar-refractivity contribution in [2.24, 2.45) is 0 Å². The topological polar surface area (TPSA) is 91.5 Å². The number of hydrogen-bond donors (Lipinski definition) is 2. The number of nitrogens with zero attached hydrogens (tertiary/aromatic N) is 2. The Hall–Kier alpha value is -1.38. The Morgan fingerprint density at radius 3 is 2.54 bits per heavy atom. The number of aromatic amines is 2. The molecule has 0 saturated heterocycles. The van der Waals surface area contributed by atoms with Crippen molar-refractivity contribution >= 4 is 10.9 Å². The molecule has 0 aliphatic heterocycles. The second-order valence-electron chi connectivity index (χ2n) is 2.19. The Labute approximate surface area is 83.6 Å². The van der Waals surface area contributed by atoms with Crippen molar-refractivity contribution < 1.29 is 18.9 Å². The molecule has 6 nitrogen and oxygen atoms in total. The fourth-order valence-electron chi connectivity index (χ4n) is 0.917. The monoisotopic (exact) mass is 171 g/mol. The van der Waals surface area contributed by atoms with Crippen LogP contribution in [-0.2, 0) is 0 Å². The van der Waals surface area contributed by atoms with Gasteiger partial charge >= 0.3 is 18.9 Å². The van der Waals surface area contributed by atoms with E-state index in [9.17, 15) is 9.59 Å². The first-order chi connectivity index (χ1) is 5.79. The Kier molecular flexibility index (Phi) is 2.65. The van der Waals surface area contributed by atoms with E-state index < -0.39 is 11.1 Å². The third-order valence-electron chi connectivity index (χ3n) is 1.46. The van der Waals surface area contributed by atoms with E-state index in [0.29, 0.717) is 0 Å². The van der Waals surface area contributed by atoms with Crippen molar-refractivity contribution in [2.75, 3.05) is 0 Å². The van der Waals surface area contributed by atoms with Gasteiger partial charge in [0.15, 0.2) is 0 Å². The molecule has 0 saturated carbocycles. The number of rotatable bonds is 0. The van der Waals surface area contributed by atoms with Gasteiger partial charge in [-0.2, -0.15) is 0 Å². The molecule has 7 heteroatoms. The summed E-state index contributed by atoms with van der Waals surface area (Å²) >= 11 is 0. The van der Waals surface area contributed by atoms with Crippen molar-refractivity contribution in [3.05, 3.63) is 33.2 Å². The predicted octanol–water partition coefficient (Wildman–Crippen LogP) is -3.99. The summed E-state index contributed by atoms with van der Waals surface area (Å²) in [5.41, 5.74) is -0.717. The second kappa shape index (κ2) is 3.56. The second-order valence-corrected chi connectivity index (χ2v) is 2.19. The van der Waals surface area contributed by atoms with Gasteiger partial charge < -0.3 is 0 Å². The average Bonchev–Trinajstić information content (AvgIpc) is 2.12. The van der Waals surface area contributed by atoms with Crippen LogP contribution in [0.4, 0.5) is 0 Å². The van der Waals surface area contributed by atoms with E-state index in [0.717, 1.165) is 0 Å². The summed E-state index contributed by atoms with van der Waals surface area (Å²) in [7, 11) is 0. The molecule has 2 N–H and O–H groups in total. The summed E-state index contributed by atoms with van der Waals surface area (Å²) in [4.78, 5) is 29.3. The SMILES string of the molecule is O=c1[nH][nH]c(=O)c2ncncc12.[Li+]. The number of fused-ring (bicyclic) bond motifs is 1. The first-order valence-corrected chi connectivity index (χ1v) is 3.20. The number of nitrogens with one attached hydrogen (secondary N) is 2. The molecule has 0 spiro atoms. The third-order valence-corrected chi connectivity index (χ3v) is 1.46. The molecule has 0 bridgehead atoms. The average molecular weight is 171 g/mol. The molecule has 0 aliphatic rings. The van der Waals surface area contributed by atoms with Gasteiger partial charge in [0.1, 0.15) is 11.8 Å². The quantitative estimate of drug-likeness (QED) is 0.395. The summed E-state index contributed by atoms with van der Waals surface area (Å²) in [5, 5.41) is 4.52. The Balaban J connectivity index is 0.000000845. The summed E-state index contributed by atoms with van der Waals surface area (Å²) in [6.07, 6.45) is 2.52. The Bertz CT molecular complexity index is 483. The van der Waals surface area contributed by atoms with Gasteiger partial charge in [-0.25, -0.2) is 9.97 Å². The standard InChI is InChI=1S/C6H4N4O2.Li/c11-5-3-1-7-2-8-4(3)6(12)10-9-5;/h1-2H,(H,9,11)(H,10,12);/q;+1. The van der Waals surface area contributed by atoms with E-state index in [4.69, 9.17) is 0 Å². The molecule has 0 fully saturated rings. The molecule has 0 radical (unpaired) electrons. The Morgan fingerprint density at radius 2 is 1.85 bits per heavy atom. The minimum atomic E-state index is -0.424. The molecule has 2 aromatic heterocycles. The van der Waals surface area contributed by atoms with Gasteiger partial charge in [0.05, 0.1) is 5.39 Å². The van der Waals surface area contributed by atoms with Gasteiger partial charge in [-0.1, -0.05) is 0 Å². The van der Waals surface area contributed by atoms with Gasteiger partial charge in [0.2, 0.25) is 0 Å². The molecule has 0 aliphatic carbocycles. The van der Waals surface area contributed by atoms with Crippen molar-refractivity contribution in [3.63, 3.8) is 0 Å². The predicted molar refractivity (Wildman–Crippen MR) is 40.8 cm³/mol. The minimum absolute atomic E-state index is 0. The molecule has 0 amide bonds. The van der Waals surface area contributed by atoms with E-state index >= 15 is 0 Å². The molecule has 60 valence electrons. The fourth-order valence-corrected chi connectivity index (χ4v) is 0.917. The molecular weight excluding hydrogens is 167 g/mol. The van der Waals surface area contributed by atoms with Crippen LogP contribution in [0.1, 0.15) is 0 Å². The smallest absolute Gasteiger partial charge is 0.267 e. The molecular formula is C6H4LiN4O2+. The number of hydrogen-bond acceptors (Lipinski definition) is 4. The molecule has 0 unspecified atom stereocenters. The fraction of sp³-hybridized carbons (Fsp3) is 0. The van der Waals surface area contributed by atoms with E-state index in [1.807, 2.05) is 0 Å². The van der Waals surface area contributed by atoms with E-state index in [1.165, 1.54) is 12.5 Å². The summed E-state index contributed by atoms with van der Waals surface area (Å²) < 4.78 is 0.